The molecule has 0 aliphatic rings. The van der Waals surface area contributed by atoms with Gasteiger partial charge in [-0.05, 0) is 29.3 Å². The Balaban J connectivity index is 2.90. The van der Waals surface area contributed by atoms with E-state index in [1.807, 2.05) is 18.5 Å². The van der Waals surface area contributed by atoms with Crippen LogP contribution in [0.1, 0.15) is 25.2 Å². The predicted octanol–water partition coefficient (Wildman–Crippen LogP) is 0.0332. The van der Waals surface area contributed by atoms with Crippen molar-refractivity contribution in [1.82, 2.24) is 15.1 Å². The van der Waals surface area contributed by atoms with Crippen molar-refractivity contribution in [3.63, 3.8) is 0 Å². The third kappa shape index (κ3) is 3.55. The molecule has 0 saturated carbocycles. The second-order valence-electron chi connectivity index (χ2n) is 4.48. The van der Waals surface area contributed by atoms with Crippen LogP contribution in [0.4, 0.5) is 0 Å². The summed E-state index contributed by atoms with van der Waals surface area (Å²) in [6.45, 7) is 4.17. The van der Waals surface area contributed by atoms with Crippen molar-refractivity contribution < 1.29 is 15.3 Å². The summed E-state index contributed by atoms with van der Waals surface area (Å²) < 4.78 is 2.80. The van der Waals surface area contributed by atoms with E-state index in [1.54, 1.807) is 0 Å². The first-order chi connectivity index (χ1) is 9.07. The van der Waals surface area contributed by atoms with E-state index in [0.717, 1.165) is 28.8 Å². The highest BCUT2D eigenvalue weighted by molar-refractivity contribution is 9.10. The summed E-state index contributed by atoms with van der Waals surface area (Å²) in [4.78, 5) is 0. The van der Waals surface area contributed by atoms with Gasteiger partial charge in [-0.25, -0.2) is 0 Å². The van der Waals surface area contributed by atoms with Gasteiger partial charge in [0.15, 0.2) is 0 Å². The van der Waals surface area contributed by atoms with Gasteiger partial charge in [-0.1, -0.05) is 6.92 Å². The zero-order valence-corrected chi connectivity index (χ0v) is 12.9. The van der Waals surface area contributed by atoms with Crippen molar-refractivity contribution in [3.05, 3.63) is 15.9 Å². The second kappa shape index (κ2) is 7.35. The van der Waals surface area contributed by atoms with E-state index in [1.165, 1.54) is 0 Å². The van der Waals surface area contributed by atoms with E-state index in [-0.39, 0.29) is 19.8 Å². The van der Waals surface area contributed by atoms with Crippen molar-refractivity contribution in [2.45, 2.75) is 38.9 Å². The highest BCUT2D eigenvalue weighted by atomic mass is 79.9. The van der Waals surface area contributed by atoms with Crippen LogP contribution in [0.2, 0.25) is 0 Å². The van der Waals surface area contributed by atoms with Crippen LogP contribution in [0.5, 0.6) is 0 Å². The van der Waals surface area contributed by atoms with Gasteiger partial charge in [-0.2, -0.15) is 5.10 Å². The number of aromatic nitrogens is 2. The largest absolute Gasteiger partial charge is 0.394 e. The van der Waals surface area contributed by atoms with Gasteiger partial charge < -0.3 is 15.3 Å². The molecule has 1 rings (SSSR count). The van der Waals surface area contributed by atoms with Gasteiger partial charge in [-0.3, -0.25) is 10.00 Å². The highest BCUT2D eigenvalue weighted by Crippen LogP contribution is 2.22. The smallest absolute Gasteiger partial charge is 0.0884 e. The van der Waals surface area contributed by atoms with Gasteiger partial charge in [0.1, 0.15) is 0 Å². The van der Waals surface area contributed by atoms with E-state index in [4.69, 9.17) is 0 Å². The van der Waals surface area contributed by atoms with Crippen LogP contribution in [0, 0.1) is 0 Å². The number of nitrogens with one attached hydrogen (secondary N) is 1. The predicted molar refractivity (Wildman–Crippen MR) is 75.8 cm³/mol. The Labute approximate surface area is 121 Å². The lowest BCUT2D eigenvalue weighted by Gasteiger charge is -2.29. The minimum atomic E-state index is -1.07. The van der Waals surface area contributed by atoms with Crippen molar-refractivity contribution in [1.29, 1.82) is 0 Å². The standard InChI is InChI=1S/C12H22BrN3O3/c1-3-9-11(13)10(16(4-2)15-9)5-14-12(6-17,7-18)8-19/h14,17-19H,3-8H2,1-2H3. The minimum absolute atomic E-state index is 0.335. The summed E-state index contributed by atoms with van der Waals surface area (Å²) in [6, 6.07) is 0. The van der Waals surface area contributed by atoms with E-state index >= 15 is 0 Å². The summed E-state index contributed by atoms with van der Waals surface area (Å²) in [5.74, 6) is 0. The molecule has 0 saturated heterocycles. The van der Waals surface area contributed by atoms with Crippen LogP contribution in [-0.4, -0.2) is 50.5 Å². The van der Waals surface area contributed by atoms with Gasteiger partial charge in [0, 0.05) is 13.1 Å². The molecular formula is C12H22BrN3O3. The minimum Gasteiger partial charge on any atom is -0.394 e. The Hall–Kier alpha value is -0.470. The Morgan fingerprint density at radius 2 is 1.79 bits per heavy atom. The molecule has 1 heterocycles. The molecular weight excluding hydrogens is 314 g/mol. The number of rotatable bonds is 8. The number of hydrogen-bond donors (Lipinski definition) is 4. The first-order valence-electron chi connectivity index (χ1n) is 6.39. The lowest BCUT2D eigenvalue weighted by atomic mass is 10.0. The average Bonchev–Trinajstić information content (AvgIpc) is 2.77. The normalized spacial score (nSPS) is 12.1. The quantitative estimate of drug-likeness (QED) is 0.538. The molecule has 6 nitrogen and oxygen atoms in total. The van der Waals surface area contributed by atoms with Crippen molar-refractivity contribution in [2.75, 3.05) is 19.8 Å². The van der Waals surface area contributed by atoms with E-state index in [0.29, 0.717) is 6.54 Å². The number of aryl methyl sites for hydroxylation is 2. The third-order valence-electron chi connectivity index (χ3n) is 3.23. The lowest BCUT2D eigenvalue weighted by molar-refractivity contribution is 0.0408. The molecule has 4 N–H and O–H groups in total. The number of nitrogens with zero attached hydrogens (tertiary/aromatic N) is 2. The molecule has 0 aliphatic carbocycles. The molecule has 0 amide bonds. The van der Waals surface area contributed by atoms with Crippen LogP contribution >= 0.6 is 15.9 Å². The maximum Gasteiger partial charge on any atom is 0.0884 e. The number of aliphatic hydroxyl groups is 3. The zero-order valence-electron chi connectivity index (χ0n) is 11.4. The Bertz CT molecular complexity index is 397. The Morgan fingerprint density at radius 1 is 1.21 bits per heavy atom. The molecule has 0 fully saturated rings. The SMILES string of the molecule is CCc1nn(CC)c(CNC(CO)(CO)CO)c1Br. The van der Waals surface area contributed by atoms with Crippen LogP contribution < -0.4 is 5.32 Å². The summed E-state index contributed by atoms with van der Waals surface area (Å²) in [6.07, 6.45) is 0.825. The first kappa shape index (κ1) is 16.6. The zero-order chi connectivity index (χ0) is 14.5. The van der Waals surface area contributed by atoms with Gasteiger partial charge in [0.05, 0.1) is 41.2 Å². The molecule has 1 aromatic rings. The van der Waals surface area contributed by atoms with E-state index < -0.39 is 5.54 Å². The molecule has 0 spiro atoms. The van der Waals surface area contributed by atoms with Gasteiger partial charge >= 0.3 is 0 Å². The van der Waals surface area contributed by atoms with Gasteiger partial charge in [0.2, 0.25) is 0 Å². The molecule has 0 aromatic carbocycles. The summed E-state index contributed by atoms with van der Waals surface area (Å²) in [5.41, 5.74) is 0.842. The van der Waals surface area contributed by atoms with Gasteiger partial charge in [-0.15, -0.1) is 0 Å². The summed E-state index contributed by atoms with van der Waals surface area (Å²) >= 11 is 3.53. The van der Waals surface area contributed by atoms with Crippen molar-refractivity contribution in [2.24, 2.45) is 0 Å². The fourth-order valence-corrected chi connectivity index (χ4v) is 2.48. The lowest BCUT2D eigenvalue weighted by Crippen LogP contribution is -2.54. The number of hydrogen-bond acceptors (Lipinski definition) is 5. The summed E-state index contributed by atoms with van der Waals surface area (Å²) in [7, 11) is 0. The highest BCUT2D eigenvalue weighted by Gasteiger charge is 2.28. The third-order valence-corrected chi connectivity index (χ3v) is 4.15. The van der Waals surface area contributed by atoms with Crippen LogP contribution in [-0.2, 0) is 19.5 Å². The molecule has 0 bridgehead atoms. The van der Waals surface area contributed by atoms with Crippen molar-refractivity contribution >= 4 is 15.9 Å². The molecule has 0 atom stereocenters. The van der Waals surface area contributed by atoms with E-state index in [9.17, 15) is 15.3 Å². The fourth-order valence-electron chi connectivity index (χ4n) is 1.78. The molecule has 19 heavy (non-hydrogen) atoms. The fraction of sp³-hybridized carbons (Fsp3) is 0.750. The molecule has 0 aliphatic heterocycles. The average molecular weight is 336 g/mol. The maximum absolute atomic E-state index is 9.29. The maximum atomic E-state index is 9.29. The molecule has 1 aromatic heterocycles. The Morgan fingerprint density at radius 3 is 2.21 bits per heavy atom. The second-order valence-corrected chi connectivity index (χ2v) is 5.28. The Kier molecular flexibility index (Phi) is 6.41. The molecule has 0 radical (unpaired) electrons. The van der Waals surface area contributed by atoms with Crippen LogP contribution in [0.25, 0.3) is 0 Å². The topological polar surface area (TPSA) is 90.5 Å². The number of aliphatic hydroxyl groups excluding tert-OH is 3. The molecule has 7 heteroatoms. The van der Waals surface area contributed by atoms with Crippen LogP contribution in [0.3, 0.4) is 0 Å². The van der Waals surface area contributed by atoms with Crippen molar-refractivity contribution in [3.8, 4) is 0 Å². The molecule has 0 unspecified atom stereocenters. The first-order valence-corrected chi connectivity index (χ1v) is 7.18. The van der Waals surface area contributed by atoms with Crippen LogP contribution in [0.15, 0.2) is 4.47 Å². The van der Waals surface area contributed by atoms with Gasteiger partial charge in [0.25, 0.3) is 0 Å². The number of halogens is 1. The van der Waals surface area contributed by atoms with E-state index in [2.05, 4.69) is 26.3 Å². The molecule has 110 valence electrons. The summed E-state index contributed by atoms with van der Waals surface area (Å²) in [5, 5.41) is 35.3. The monoisotopic (exact) mass is 335 g/mol.